The van der Waals surface area contributed by atoms with Crippen LogP contribution in [0, 0.1) is 6.92 Å². The number of rotatable bonds is 7. The summed E-state index contributed by atoms with van der Waals surface area (Å²) in [6, 6.07) is 5.68. The van der Waals surface area contributed by atoms with Crippen LogP contribution in [0.2, 0.25) is 0 Å². The van der Waals surface area contributed by atoms with Gasteiger partial charge in [0.15, 0.2) is 0 Å². The second kappa shape index (κ2) is 7.12. The zero-order chi connectivity index (χ0) is 11.8. The van der Waals surface area contributed by atoms with E-state index in [-0.39, 0.29) is 0 Å². The van der Waals surface area contributed by atoms with Gasteiger partial charge in [0.2, 0.25) is 0 Å². The molecule has 0 radical (unpaired) electrons. The maximum absolute atomic E-state index is 5.69. The molecule has 3 nitrogen and oxygen atoms in total. The van der Waals surface area contributed by atoms with E-state index in [0.717, 1.165) is 36.4 Å². The van der Waals surface area contributed by atoms with Crippen LogP contribution in [0.3, 0.4) is 0 Å². The molecule has 0 aliphatic carbocycles. The number of nitrogens with two attached hydrogens (primary N) is 1. The predicted octanol–water partition coefficient (Wildman–Crippen LogP) is 2.77. The van der Waals surface area contributed by atoms with Crippen molar-refractivity contribution in [2.45, 2.75) is 26.7 Å². The highest BCUT2D eigenvalue weighted by Crippen LogP contribution is 2.20. The van der Waals surface area contributed by atoms with E-state index in [1.165, 1.54) is 0 Å². The van der Waals surface area contributed by atoms with E-state index in [9.17, 15) is 0 Å². The van der Waals surface area contributed by atoms with Gasteiger partial charge in [0, 0.05) is 18.4 Å². The summed E-state index contributed by atoms with van der Waals surface area (Å²) in [5, 5.41) is 0. The van der Waals surface area contributed by atoms with Gasteiger partial charge >= 0.3 is 0 Å². The molecule has 16 heavy (non-hydrogen) atoms. The molecule has 0 fully saturated rings. The van der Waals surface area contributed by atoms with Crippen molar-refractivity contribution in [1.82, 2.24) is 0 Å². The number of hydrogen-bond donors (Lipinski definition) is 1. The van der Waals surface area contributed by atoms with E-state index >= 15 is 0 Å². The second-order valence-corrected chi connectivity index (χ2v) is 3.84. The molecule has 1 rings (SSSR count). The minimum absolute atomic E-state index is 0.577. The van der Waals surface area contributed by atoms with Crippen LogP contribution >= 0.6 is 0 Å². The maximum Gasteiger partial charge on any atom is 0.124 e. The Morgan fingerprint density at radius 2 is 2.00 bits per heavy atom. The van der Waals surface area contributed by atoms with Gasteiger partial charge in [-0.1, -0.05) is 19.4 Å². The molecule has 0 spiro atoms. The van der Waals surface area contributed by atoms with Gasteiger partial charge in [-0.3, -0.25) is 0 Å². The molecular weight excluding hydrogens is 202 g/mol. The Hall–Kier alpha value is -1.22. The zero-order valence-electron chi connectivity index (χ0n) is 10.2. The van der Waals surface area contributed by atoms with Crippen LogP contribution in [0.25, 0.3) is 0 Å². The summed E-state index contributed by atoms with van der Waals surface area (Å²) in [6.07, 6.45) is 2.27. The molecule has 0 unspecified atom stereocenters. The Balaban J connectivity index is 2.23. The van der Waals surface area contributed by atoms with Crippen LogP contribution in [-0.2, 0) is 4.74 Å². The molecule has 0 aliphatic rings. The summed E-state index contributed by atoms with van der Waals surface area (Å²) in [7, 11) is 0. The Kier molecular flexibility index (Phi) is 5.72. The Morgan fingerprint density at radius 1 is 1.19 bits per heavy atom. The molecule has 0 heterocycles. The maximum atomic E-state index is 5.69. The Morgan fingerprint density at radius 3 is 2.75 bits per heavy atom. The lowest BCUT2D eigenvalue weighted by Gasteiger charge is -2.10. The van der Waals surface area contributed by atoms with Crippen molar-refractivity contribution >= 4 is 5.69 Å². The lowest BCUT2D eigenvalue weighted by atomic mass is 10.2. The van der Waals surface area contributed by atoms with Gasteiger partial charge in [-0.05, 0) is 25.0 Å². The molecule has 1 aromatic rings. The standard InChI is InChI=1S/C13H21NO2/c1-3-4-7-15-8-9-16-13-10-12(14)6-5-11(13)2/h5-6,10H,3-4,7-9,14H2,1-2H3. The van der Waals surface area contributed by atoms with Crippen LogP contribution < -0.4 is 10.5 Å². The third kappa shape index (κ3) is 4.53. The third-order valence-electron chi connectivity index (χ3n) is 2.34. The van der Waals surface area contributed by atoms with Crippen LogP contribution in [0.15, 0.2) is 18.2 Å². The van der Waals surface area contributed by atoms with Crippen LogP contribution in [-0.4, -0.2) is 19.8 Å². The summed E-state index contributed by atoms with van der Waals surface area (Å²) in [6.45, 7) is 6.18. The fraction of sp³-hybridized carbons (Fsp3) is 0.538. The summed E-state index contributed by atoms with van der Waals surface area (Å²) >= 11 is 0. The minimum atomic E-state index is 0.577. The highest BCUT2D eigenvalue weighted by atomic mass is 16.5. The SMILES string of the molecule is CCCCOCCOc1cc(N)ccc1C. The highest BCUT2D eigenvalue weighted by molar-refractivity contribution is 5.47. The smallest absolute Gasteiger partial charge is 0.124 e. The van der Waals surface area contributed by atoms with Crippen LogP contribution in [0.4, 0.5) is 5.69 Å². The van der Waals surface area contributed by atoms with E-state index < -0.39 is 0 Å². The van der Waals surface area contributed by atoms with Crippen molar-refractivity contribution in [1.29, 1.82) is 0 Å². The highest BCUT2D eigenvalue weighted by Gasteiger charge is 1.99. The first-order valence-electron chi connectivity index (χ1n) is 5.80. The molecule has 0 amide bonds. The van der Waals surface area contributed by atoms with Gasteiger partial charge in [-0.15, -0.1) is 0 Å². The normalized spacial score (nSPS) is 10.4. The third-order valence-corrected chi connectivity index (χ3v) is 2.34. The van der Waals surface area contributed by atoms with Gasteiger partial charge in [0.05, 0.1) is 6.61 Å². The fourth-order valence-electron chi connectivity index (χ4n) is 1.33. The molecule has 0 saturated heterocycles. The van der Waals surface area contributed by atoms with E-state index in [1.54, 1.807) is 0 Å². The van der Waals surface area contributed by atoms with E-state index in [2.05, 4.69) is 6.92 Å². The first-order valence-corrected chi connectivity index (χ1v) is 5.80. The van der Waals surface area contributed by atoms with Crippen molar-refractivity contribution in [2.75, 3.05) is 25.6 Å². The molecule has 0 saturated carbocycles. The molecule has 1 aromatic carbocycles. The van der Waals surface area contributed by atoms with Crippen molar-refractivity contribution < 1.29 is 9.47 Å². The van der Waals surface area contributed by atoms with E-state index in [1.807, 2.05) is 25.1 Å². The van der Waals surface area contributed by atoms with Crippen molar-refractivity contribution in [3.8, 4) is 5.75 Å². The number of hydrogen-bond acceptors (Lipinski definition) is 3. The Bertz CT molecular complexity index is 313. The molecule has 0 atom stereocenters. The summed E-state index contributed by atoms with van der Waals surface area (Å²) in [5.74, 6) is 0.846. The fourth-order valence-corrected chi connectivity index (χ4v) is 1.33. The molecule has 3 heteroatoms. The van der Waals surface area contributed by atoms with Crippen molar-refractivity contribution in [3.63, 3.8) is 0 Å². The molecule has 2 N–H and O–H groups in total. The van der Waals surface area contributed by atoms with E-state index in [0.29, 0.717) is 13.2 Å². The molecule has 90 valence electrons. The molecule has 0 bridgehead atoms. The lowest BCUT2D eigenvalue weighted by molar-refractivity contribution is 0.0978. The molecular formula is C13H21NO2. The largest absolute Gasteiger partial charge is 0.491 e. The summed E-state index contributed by atoms with van der Waals surface area (Å²) in [5.41, 5.74) is 7.52. The molecule has 0 aromatic heterocycles. The second-order valence-electron chi connectivity index (χ2n) is 3.84. The zero-order valence-corrected chi connectivity index (χ0v) is 10.2. The first kappa shape index (κ1) is 12.8. The number of ether oxygens (including phenoxy) is 2. The van der Waals surface area contributed by atoms with Gasteiger partial charge in [0.1, 0.15) is 12.4 Å². The van der Waals surface area contributed by atoms with Gasteiger partial charge in [-0.25, -0.2) is 0 Å². The minimum Gasteiger partial charge on any atom is -0.491 e. The first-order chi connectivity index (χ1) is 7.74. The number of unbranched alkanes of at least 4 members (excludes halogenated alkanes) is 1. The lowest BCUT2D eigenvalue weighted by Crippen LogP contribution is -2.08. The average Bonchev–Trinajstić information content (AvgIpc) is 2.28. The monoisotopic (exact) mass is 223 g/mol. The quantitative estimate of drug-likeness (QED) is 0.571. The average molecular weight is 223 g/mol. The predicted molar refractivity (Wildman–Crippen MR) is 66.8 cm³/mol. The Labute approximate surface area is 97.6 Å². The number of anilines is 1. The van der Waals surface area contributed by atoms with Crippen molar-refractivity contribution in [3.05, 3.63) is 23.8 Å². The van der Waals surface area contributed by atoms with Gasteiger partial charge in [0.25, 0.3) is 0 Å². The van der Waals surface area contributed by atoms with Crippen molar-refractivity contribution in [2.24, 2.45) is 0 Å². The van der Waals surface area contributed by atoms with Crippen LogP contribution in [0.1, 0.15) is 25.3 Å². The summed E-state index contributed by atoms with van der Waals surface area (Å²) < 4.78 is 11.0. The summed E-state index contributed by atoms with van der Waals surface area (Å²) in [4.78, 5) is 0. The number of benzene rings is 1. The van der Waals surface area contributed by atoms with Crippen LogP contribution in [0.5, 0.6) is 5.75 Å². The molecule has 0 aliphatic heterocycles. The van der Waals surface area contributed by atoms with E-state index in [4.69, 9.17) is 15.2 Å². The number of aryl methyl sites for hydroxylation is 1. The topological polar surface area (TPSA) is 44.5 Å². The van der Waals surface area contributed by atoms with Gasteiger partial charge in [-0.2, -0.15) is 0 Å². The van der Waals surface area contributed by atoms with Gasteiger partial charge < -0.3 is 15.2 Å². The number of nitrogen functional groups attached to an aromatic ring is 1.